The smallest absolute Gasteiger partial charge is 0.341 e. The number of aromatic carboxylic acids is 1. The van der Waals surface area contributed by atoms with Crippen molar-refractivity contribution in [1.82, 2.24) is 9.55 Å². The second-order valence-electron chi connectivity index (χ2n) is 7.40. The maximum Gasteiger partial charge on any atom is 0.341 e. The van der Waals surface area contributed by atoms with E-state index in [-0.39, 0.29) is 29.5 Å². The van der Waals surface area contributed by atoms with Crippen molar-refractivity contribution >= 4 is 44.2 Å². The van der Waals surface area contributed by atoms with E-state index < -0.39 is 28.5 Å². The zero-order chi connectivity index (χ0) is 22.3. The highest BCUT2D eigenvalue weighted by Gasteiger charge is 2.30. The van der Waals surface area contributed by atoms with Gasteiger partial charge in [-0.25, -0.2) is 9.18 Å². The molecular weight excluding hydrogens is 471 g/mol. The van der Waals surface area contributed by atoms with E-state index >= 15 is 4.39 Å². The molecule has 4 rings (SSSR count). The Bertz CT molecular complexity index is 1240. The summed E-state index contributed by atoms with van der Waals surface area (Å²) in [6.45, 7) is 2.43. The van der Waals surface area contributed by atoms with Crippen LogP contribution in [0.3, 0.4) is 0 Å². The summed E-state index contributed by atoms with van der Waals surface area (Å²) in [6, 6.07) is 3.56. The van der Waals surface area contributed by atoms with Gasteiger partial charge in [-0.15, -0.1) is 0 Å². The van der Waals surface area contributed by atoms with Crippen molar-refractivity contribution in [1.29, 1.82) is 0 Å². The number of nitrogens with one attached hydrogen (secondary N) is 1. The lowest BCUT2D eigenvalue weighted by Crippen LogP contribution is -2.28. The molecule has 162 valence electrons. The van der Waals surface area contributed by atoms with Crippen LogP contribution in [-0.4, -0.2) is 33.8 Å². The monoisotopic (exact) mass is 490 g/mol. The second kappa shape index (κ2) is 8.18. The molecule has 3 aromatic rings. The minimum absolute atomic E-state index is 0.0666. The number of anilines is 2. The van der Waals surface area contributed by atoms with Crippen molar-refractivity contribution in [3.05, 3.63) is 56.3 Å². The minimum atomic E-state index is -1.39. The molecule has 3 heterocycles. The molecule has 1 aromatic carbocycles. The number of carboxylic acid groups (broad SMARTS) is 1. The Morgan fingerprint density at radius 1 is 1.48 bits per heavy atom. The summed E-state index contributed by atoms with van der Waals surface area (Å²) in [6.07, 6.45) is 4.34. The van der Waals surface area contributed by atoms with Crippen LogP contribution in [0.5, 0.6) is 5.75 Å². The van der Waals surface area contributed by atoms with E-state index in [1.54, 1.807) is 10.8 Å². The van der Waals surface area contributed by atoms with E-state index in [9.17, 15) is 14.7 Å². The topological polar surface area (TPSA) is 119 Å². The maximum absolute atomic E-state index is 15.2. The molecule has 0 saturated heterocycles. The number of benzene rings is 1. The van der Waals surface area contributed by atoms with Crippen molar-refractivity contribution in [3.63, 3.8) is 0 Å². The van der Waals surface area contributed by atoms with Crippen LogP contribution in [0.1, 0.15) is 35.4 Å². The van der Waals surface area contributed by atoms with Gasteiger partial charge >= 0.3 is 5.97 Å². The molecule has 0 saturated carbocycles. The molecular formula is C21H20BrFN4O4. The van der Waals surface area contributed by atoms with Crippen LogP contribution in [0.15, 0.2) is 33.8 Å². The summed E-state index contributed by atoms with van der Waals surface area (Å²) >= 11 is 3.34. The SMILES string of the molecule is CC1COc2c(NCCCc3ccc(Br)cn3)c(F)c(N)c3c(=O)c(C(=O)O)cn1c23. The highest BCUT2D eigenvalue weighted by Crippen LogP contribution is 2.43. The predicted octanol–water partition coefficient (Wildman–Crippen LogP) is 3.58. The van der Waals surface area contributed by atoms with Crippen LogP contribution in [0.4, 0.5) is 15.8 Å². The number of pyridine rings is 2. The summed E-state index contributed by atoms with van der Waals surface area (Å²) in [5.41, 5.74) is 5.56. The van der Waals surface area contributed by atoms with Crippen molar-refractivity contribution in [2.24, 2.45) is 0 Å². The third-order valence-electron chi connectivity index (χ3n) is 5.28. The summed E-state index contributed by atoms with van der Waals surface area (Å²) in [7, 11) is 0. The highest BCUT2D eigenvalue weighted by molar-refractivity contribution is 9.10. The van der Waals surface area contributed by atoms with Gasteiger partial charge in [-0.1, -0.05) is 0 Å². The zero-order valence-electron chi connectivity index (χ0n) is 16.6. The number of aromatic nitrogens is 2. The van der Waals surface area contributed by atoms with E-state index in [2.05, 4.69) is 26.2 Å². The Kier molecular flexibility index (Phi) is 5.57. The summed E-state index contributed by atoms with van der Waals surface area (Å²) in [4.78, 5) is 28.5. The van der Waals surface area contributed by atoms with Gasteiger partial charge in [0.25, 0.3) is 0 Å². The first kappa shape index (κ1) is 21.1. The van der Waals surface area contributed by atoms with Gasteiger partial charge in [-0.3, -0.25) is 9.78 Å². The third kappa shape index (κ3) is 3.71. The fourth-order valence-corrected chi connectivity index (χ4v) is 3.93. The van der Waals surface area contributed by atoms with Crippen LogP contribution >= 0.6 is 15.9 Å². The first-order valence-corrected chi connectivity index (χ1v) is 10.5. The van der Waals surface area contributed by atoms with Crippen molar-refractivity contribution in [3.8, 4) is 5.75 Å². The van der Waals surface area contributed by atoms with Gasteiger partial charge in [0.15, 0.2) is 11.6 Å². The predicted molar refractivity (Wildman–Crippen MR) is 118 cm³/mol. The number of halogens is 2. The first-order valence-electron chi connectivity index (χ1n) is 9.69. The number of nitrogens with two attached hydrogens (primary N) is 1. The van der Waals surface area contributed by atoms with Crippen molar-refractivity contribution < 1.29 is 19.0 Å². The van der Waals surface area contributed by atoms with Crippen LogP contribution in [-0.2, 0) is 6.42 Å². The molecule has 0 amide bonds. The fourth-order valence-electron chi connectivity index (χ4n) is 3.70. The second-order valence-corrected chi connectivity index (χ2v) is 8.31. The van der Waals surface area contributed by atoms with E-state index in [1.807, 2.05) is 19.1 Å². The number of rotatable bonds is 6. The highest BCUT2D eigenvalue weighted by atomic mass is 79.9. The lowest BCUT2D eigenvalue weighted by Gasteiger charge is -2.29. The number of nitrogens with zero attached hydrogens (tertiary/aromatic N) is 2. The van der Waals surface area contributed by atoms with E-state index in [0.717, 1.165) is 10.2 Å². The van der Waals surface area contributed by atoms with E-state index in [4.69, 9.17) is 10.5 Å². The number of aryl methyl sites for hydroxylation is 1. The molecule has 8 nitrogen and oxygen atoms in total. The van der Waals surface area contributed by atoms with E-state index in [0.29, 0.717) is 24.9 Å². The van der Waals surface area contributed by atoms with Crippen LogP contribution in [0, 0.1) is 5.82 Å². The first-order chi connectivity index (χ1) is 14.8. The molecule has 0 radical (unpaired) electrons. The number of hydrogen-bond acceptors (Lipinski definition) is 6. The number of nitrogen functional groups attached to an aromatic ring is 1. The Labute approximate surface area is 185 Å². The molecule has 1 atom stereocenters. The molecule has 31 heavy (non-hydrogen) atoms. The van der Waals surface area contributed by atoms with Gasteiger partial charge in [-0.2, -0.15) is 0 Å². The molecule has 0 fully saturated rings. The van der Waals surface area contributed by atoms with Crippen LogP contribution in [0.25, 0.3) is 10.9 Å². The zero-order valence-corrected chi connectivity index (χ0v) is 18.2. The van der Waals surface area contributed by atoms with Crippen LogP contribution < -0.4 is 21.2 Å². The molecule has 1 aliphatic rings. The largest absolute Gasteiger partial charge is 0.487 e. The molecule has 1 unspecified atom stereocenters. The molecule has 1 aliphatic heterocycles. The van der Waals surface area contributed by atoms with Gasteiger partial charge in [-0.05, 0) is 47.8 Å². The Morgan fingerprint density at radius 3 is 2.94 bits per heavy atom. The Balaban J connectivity index is 1.71. The molecule has 0 bridgehead atoms. The molecule has 2 aromatic heterocycles. The standard InChI is InChI=1S/C21H20BrFN4O4/c1-10-9-31-20-17(25-6-2-3-12-5-4-11(22)7-26-12)15(23)16(24)14-18(20)27(10)8-13(19(14)28)21(29)30/h4-5,7-8,10,25H,2-3,6,9,24H2,1H3,(H,29,30). The van der Waals surface area contributed by atoms with Crippen molar-refractivity contribution in [2.75, 3.05) is 24.2 Å². The fraction of sp³-hybridized carbons (Fsp3) is 0.286. The molecule has 0 spiro atoms. The third-order valence-corrected chi connectivity index (χ3v) is 5.75. The van der Waals surface area contributed by atoms with Crippen LogP contribution in [0.2, 0.25) is 0 Å². The Hall–Kier alpha value is -3.14. The number of carboxylic acids is 1. The average Bonchev–Trinajstić information content (AvgIpc) is 2.74. The molecule has 10 heteroatoms. The Morgan fingerprint density at radius 2 is 2.26 bits per heavy atom. The maximum atomic E-state index is 15.2. The lowest BCUT2D eigenvalue weighted by atomic mass is 10.0. The molecule has 4 N–H and O–H groups in total. The number of ether oxygens (including phenoxy) is 1. The summed E-state index contributed by atoms with van der Waals surface area (Å²) in [5.74, 6) is -2.06. The minimum Gasteiger partial charge on any atom is -0.487 e. The summed E-state index contributed by atoms with van der Waals surface area (Å²) in [5, 5.41) is 12.2. The number of carbonyl (C=O) groups is 1. The lowest BCUT2D eigenvalue weighted by molar-refractivity contribution is 0.0694. The average molecular weight is 491 g/mol. The van der Waals surface area contributed by atoms with Gasteiger partial charge in [0.05, 0.1) is 22.6 Å². The quantitative estimate of drug-likeness (QED) is 0.356. The van der Waals surface area contributed by atoms with Gasteiger partial charge in [0, 0.05) is 29.1 Å². The van der Waals surface area contributed by atoms with Gasteiger partial charge in [0.1, 0.15) is 17.9 Å². The molecule has 0 aliphatic carbocycles. The van der Waals surface area contributed by atoms with Crippen molar-refractivity contribution in [2.45, 2.75) is 25.8 Å². The number of hydrogen-bond donors (Lipinski definition) is 3. The summed E-state index contributed by atoms with van der Waals surface area (Å²) < 4.78 is 23.4. The van der Waals surface area contributed by atoms with Gasteiger partial charge in [0.2, 0.25) is 5.43 Å². The normalized spacial score (nSPS) is 15.0. The van der Waals surface area contributed by atoms with E-state index in [1.165, 1.54) is 6.20 Å². The van der Waals surface area contributed by atoms with Gasteiger partial charge < -0.3 is 25.5 Å².